The first-order valence-electron chi connectivity index (χ1n) is 8.95. The van der Waals surface area contributed by atoms with Gasteiger partial charge in [0.15, 0.2) is 5.65 Å². The van der Waals surface area contributed by atoms with Crippen LogP contribution in [0.5, 0.6) is 0 Å². The molecule has 0 bridgehead atoms. The highest BCUT2D eigenvalue weighted by atomic mass is 16.5. The molecule has 0 unspecified atom stereocenters. The number of esters is 1. The molecular weight excluding hydrogens is 346 g/mol. The predicted molar refractivity (Wildman–Crippen MR) is 100.0 cm³/mol. The number of hydrogen-bond acceptors (Lipinski definition) is 8. The van der Waals surface area contributed by atoms with Crippen molar-refractivity contribution in [2.24, 2.45) is 0 Å². The Hall–Kier alpha value is -3.23. The van der Waals surface area contributed by atoms with E-state index in [0.29, 0.717) is 11.4 Å². The maximum absolute atomic E-state index is 12.4. The number of ether oxygens (including phenoxy) is 1. The average molecular weight is 367 g/mol. The molecule has 3 aromatic rings. The van der Waals surface area contributed by atoms with E-state index in [2.05, 4.69) is 30.1 Å². The standard InChI is InChI=1S/C18H21N7O2/c1-13(2)27-18(26)14-4-3-7-19-17(14)24-10-8-23(9-11-24)16-6-5-15-21-20-12-25(15)22-16/h3-7,12-13H,8-11H2,1-2H3. The van der Waals surface area contributed by atoms with Crippen LogP contribution in [0.15, 0.2) is 36.8 Å². The van der Waals surface area contributed by atoms with Gasteiger partial charge in [0.2, 0.25) is 0 Å². The van der Waals surface area contributed by atoms with Gasteiger partial charge in [-0.1, -0.05) is 0 Å². The molecule has 0 amide bonds. The fraction of sp³-hybridized carbons (Fsp3) is 0.389. The molecule has 0 spiro atoms. The first-order chi connectivity index (χ1) is 13.1. The van der Waals surface area contributed by atoms with Crippen molar-refractivity contribution in [3.05, 3.63) is 42.4 Å². The van der Waals surface area contributed by atoms with Crippen LogP contribution in [-0.2, 0) is 4.74 Å². The van der Waals surface area contributed by atoms with E-state index < -0.39 is 0 Å². The first-order valence-corrected chi connectivity index (χ1v) is 8.95. The monoisotopic (exact) mass is 367 g/mol. The zero-order chi connectivity index (χ0) is 18.8. The lowest BCUT2D eigenvalue weighted by molar-refractivity contribution is 0.0378. The summed E-state index contributed by atoms with van der Waals surface area (Å²) >= 11 is 0. The van der Waals surface area contributed by atoms with Gasteiger partial charge in [-0.15, -0.1) is 15.3 Å². The van der Waals surface area contributed by atoms with Crippen LogP contribution in [0.1, 0.15) is 24.2 Å². The summed E-state index contributed by atoms with van der Waals surface area (Å²) in [7, 11) is 0. The average Bonchev–Trinajstić information content (AvgIpc) is 3.15. The summed E-state index contributed by atoms with van der Waals surface area (Å²) in [5, 5.41) is 12.4. The van der Waals surface area contributed by atoms with Crippen LogP contribution in [0.3, 0.4) is 0 Å². The fourth-order valence-corrected chi connectivity index (χ4v) is 3.12. The maximum Gasteiger partial charge on any atom is 0.342 e. The molecule has 0 aromatic carbocycles. The van der Waals surface area contributed by atoms with Crippen molar-refractivity contribution >= 4 is 23.3 Å². The summed E-state index contributed by atoms with van der Waals surface area (Å²) in [4.78, 5) is 21.1. The van der Waals surface area contributed by atoms with Gasteiger partial charge in [-0.3, -0.25) is 0 Å². The molecular formula is C18H21N7O2. The third-order valence-corrected chi connectivity index (χ3v) is 4.40. The van der Waals surface area contributed by atoms with E-state index in [-0.39, 0.29) is 12.1 Å². The number of rotatable bonds is 4. The van der Waals surface area contributed by atoms with E-state index in [4.69, 9.17) is 4.74 Å². The number of nitrogens with zero attached hydrogens (tertiary/aromatic N) is 7. The SMILES string of the molecule is CC(C)OC(=O)c1cccnc1N1CCN(c2ccc3nncn3n2)CC1. The molecule has 9 heteroatoms. The Labute approximate surface area is 156 Å². The van der Waals surface area contributed by atoms with E-state index in [1.165, 1.54) is 0 Å². The van der Waals surface area contributed by atoms with E-state index in [0.717, 1.165) is 37.6 Å². The molecule has 4 heterocycles. The van der Waals surface area contributed by atoms with Crippen LogP contribution in [0.25, 0.3) is 5.65 Å². The summed E-state index contributed by atoms with van der Waals surface area (Å²) in [5.74, 6) is 1.21. The molecule has 0 N–H and O–H groups in total. The quantitative estimate of drug-likeness (QED) is 0.640. The Morgan fingerprint density at radius 1 is 1.11 bits per heavy atom. The lowest BCUT2D eigenvalue weighted by atomic mass is 10.2. The van der Waals surface area contributed by atoms with E-state index in [1.54, 1.807) is 29.2 Å². The summed E-state index contributed by atoms with van der Waals surface area (Å²) < 4.78 is 7.02. The lowest BCUT2D eigenvalue weighted by Gasteiger charge is -2.36. The number of piperazine rings is 1. The van der Waals surface area contributed by atoms with E-state index in [9.17, 15) is 4.79 Å². The number of aromatic nitrogens is 5. The molecule has 3 aromatic heterocycles. The fourth-order valence-electron chi connectivity index (χ4n) is 3.12. The van der Waals surface area contributed by atoms with Gasteiger partial charge in [0.1, 0.15) is 23.5 Å². The third-order valence-electron chi connectivity index (χ3n) is 4.40. The van der Waals surface area contributed by atoms with Gasteiger partial charge in [0.05, 0.1) is 6.10 Å². The molecule has 0 atom stereocenters. The highest BCUT2D eigenvalue weighted by molar-refractivity contribution is 5.94. The topological polar surface area (TPSA) is 88.8 Å². The second kappa shape index (κ2) is 7.18. The summed E-state index contributed by atoms with van der Waals surface area (Å²) in [5.41, 5.74) is 1.22. The van der Waals surface area contributed by atoms with Gasteiger partial charge in [-0.05, 0) is 38.1 Å². The Morgan fingerprint density at radius 3 is 2.67 bits per heavy atom. The minimum absolute atomic E-state index is 0.166. The molecule has 9 nitrogen and oxygen atoms in total. The minimum atomic E-state index is -0.338. The van der Waals surface area contributed by atoms with Gasteiger partial charge in [0, 0.05) is 32.4 Å². The molecule has 0 aliphatic carbocycles. The van der Waals surface area contributed by atoms with Gasteiger partial charge >= 0.3 is 5.97 Å². The first kappa shape index (κ1) is 17.2. The Bertz CT molecular complexity index is 948. The van der Waals surface area contributed by atoms with Gasteiger partial charge in [0.25, 0.3) is 0 Å². The van der Waals surface area contributed by atoms with Gasteiger partial charge < -0.3 is 14.5 Å². The number of carbonyl (C=O) groups is 1. The van der Waals surface area contributed by atoms with Crippen LogP contribution in [0.2, 0.25) is 0 Å². The van der Waals surface area contributed by atoms with Gasteiger partial charge in [-0.2, -0.15) is 4.52 Å². The normalized spacial score (nSPS) is 14.8. The Morgan fingerprint density at radius 2 is 1.89 bits per heavy atom. The third kappa shape index (κ3) is 3.53. The largest absolute Gasteiger partial charge is 0.459 e. The predicted octanol–water partition coefficient (Wildman–Crippen LogP) is 1.41. The lowest BCUT2D eigenvalue weighted by Crippen LogP contribution is -2.47. The summed E-state index contributed by atoms with van der Waals surface area (Å²) in [6.07, 6.45) is 3.13. The van der Waals surface area contributed by atoms with Crippen LogP contribution in [0.4, 0.5) is 11.6 Å². The van der Waals surface area contributed by atoms with Crippen molar-refractivity contribution in [2.75, 3.05) is 36.0 Å². The minimum Gasteiger partial charge on any atom is -0.459 e. The Balaban J connectivity index is 1.48. The van der Waals surface area contributed by atoms with Crippen molar-refractivity contribution in [3.8, 4) is 0 Å². The van der Waals surface area contributed by atoms with Crippen molar-refractivity contribution in [2.45, 2.75) is 20.0 Å². The molecule has 27 heavy (non-hydrogen) atoms. The van der Waals surface area contributed by atoms with Crippen molar-refractivity contribution in [1.82, 2.24) is 24.8 Å². The number of carbonyl (C=O) groups excluding carboxylic acids is 1. The van der Waals surface area contributed by atoms with E-state index in [1.807, 2.05) is 26.0 Å². The zero-order valence-corrected chi connectivity index (χ0v) is 15.3. The Kier molecular flexibility index (Phi) is 4.57. The van der Waals surface area contributed by atoms with Crippen LogP contribution >= 0.6 is 0 Å². The van der Waals surface area contributed by atoms with Crippen molar-refractivity contribution in [1.29, 1.82) is 0 Å². The second-order valence-electron chi connectivity index (χ2n) is 6.63. The second-order valence-corrected chi connectivity index (χ2v) is 6.63. The van der Waals surface area contributed by atoms with Crippen molar-refractivity contribution in [3.63, 3.8) is 0 Å². The smallest absolute Gasteiger partial charge is 0.342 e. The van der Waals surface area contributed by atoms with Crippen LogP contribution in [-0.4, -0.2) is 63.0 Å². The molecule has 1 fully saturated rings. The van der Waals surface area contributed by atoms with Crippen molar-refractivity contribution < 1.29 is 9.53 Å². The maximum atomic E-state index is 12.4. The number of anilines is 2. The highest BCUT2D eigenvalue weighted by Gasteiger charge is 2.24. The molecule has 140 valence electrons. The molecule has 1 aliphatic heterocycles. The molecule has 1 aliphatic rings. The number of pyridine rings is 1. The van der Waals surface area contributed by atoms with Crippen LogP contribution in [0, 0.1) is 0 Å². The van der Waals surface area contributed by atoms with Crippen LogP contribution < -0.4 is 9.80 Å². The molecule has 0 saturated carbocycles. The highest BCUT2D eigenvalue weighted by Crippen LogP contribution is 2.22. The summed E-state index contributed by atoms with van der Waals surface area (Å²) in [6, 6.07) is 7.38. The molecule has 1 saturated heterocycles. The van der Waals surface area contributed by atoms with Gasteiger partial charge in [-0.25, -0.2) is 9.78 Å². The molecule has 0 radical (unpaired) electrons. The number of hydrogen-bond donors (Lipinski definition) is 0. The molecule has 4 rings (SSSR count). The number of fused-ring (bicyclic) bond motifs is 1. The zero-order valence-electron chi connectivity index (χ0n) is 15.3. The summed E-state index contributed by atoms with van der Waals surface area (Å²) in [6.45, 7) is 6.70. The van der Waals surface area contributed by atoms with E-state index >= 15 is 0 Å².